The quantitative estimate of drug-likeness (QED) is 0.145. The van der Waals surface area contributed by atoms with Crippen LogP contribution < -0.4 is 18.9 Å². The van der Waals surface area contributed by atoms with Crippen LogP contribution in [-0.4, -0.2) is 54.9 Å². The summed E-state index contributed by atoms with van der Waals surface area (Å²) in [5.41, 5.74) is 4.62. The highest BCUT2D eigenvalue weighted by Crippen LogP contribution is 2.41. The Labute approximate surface area is 310 Å². The van der Waals surface area contributed by atoms with Gasteiger partial charge in [-0.1, -0.05) is 47.5 Å². The molecule has 0 radical (unpaired) electrons. The molecule has 0 amide bonds. The van der Waals surface area contributed by atoms with Crippen LogP contribution in [0.4, 0.5) is 0 Å². The van der Waals surface area contributed by atoms with Crippen LogP contribution in [0.1, 0.15) is 45.1 Å². The SMILES string of the molecule is COc1cc(C2OC=N[C@H]2S(=O)(=O)c2ccc(C)cc2)cc(OC)c1Br.COc1cc(C=O)cc(OC)c1Br.Cc1ccc(CCC#N)cc1. The maximum Gasteiger partial charge on any atom is 0.205 e. The molecule has 50 heavy (non-hydrogen) atoms. The molecule has 1 aliphatic rings. The summed E-state index contributed by atoms with van der Waals surface area (Å²) in [6, 6.07) is 23.8. The van der Waals surface area contributed by atoms with E-state index in [0.717, 1.165) is 18.3 Å². The van der Waals surface area contributed by atoms with Gasteiger partial charge in [-0.2, -0.15) is 5.26 Å². The molecule has 13 heteroatoms. The summed E-state index contributed by atoms with van der Waals surface area (Å²) in [4.78, 5) is 14.8. The predicted octanol–water partition coefficient (Wildman–Crippen LogP) is 8.40. The molecule has 4 aromatic carbocycles. The minimum atomic E-state index is -3.72. The van der Waals surface area contributed by atoms with Crippen LogP contribution in [0.5, 0.6) is 23.0 Å². The van der Waals surface area contributed by atoms with Crippen molar-refractivity contribution in [3.8, 4) is 29.1 Å². The Balaban J connectivity index is 0.000000234. The number of aryl methyl sites for hydroxylation is 3. The van der Waals surface area contributed by atoms with Crippen LogP contribution in [0.2, 0.25) is 0 Å². The summed E-state index contributed by atoms with van der Waals surface area (Å²) in [6.45, 7) is 3.96. The van der Waals surface area contributed by atoms with Crippen LogP contribution in [0.25, 0.3) is 0 Å². The van der Waals surface area contributed by atoms with Crippen molar-refractivity contribution in [3.05, 3.63) is 110 Å². The molecular formula is C37H38Br2N2O8S. The highest BCUT2D eigenvalue weighted by atomic mass is 79.9. The number of aliphatic imine (C=N–C) groups is 1. The van der Waals surface area contributed by atoms with Crippen LogP contribution >= 0.6 is 31.9 Å². The molecule has 2 atom stereocenters. The van der Waals surface area contributed by atoms with Gasteiger partial charge in [0.1, 0.15) is 38.2 Å². The van der Waals surface area contributed by atoms with Crippen molar-refractivity contribution in [2.24, 2.45) is 4.99 Å². The summed E-state index contributed by atoms with van der Waals surface area (Å²) in [7, 11) is 2.40. The molecule has 0 bridgehead atoms. The normalized spacial score (nSPS) is 14.5. The van der Waals surface area contributed by atoms with Crippen molar-refractivity contribution in [3.63, 3.8) is 0 Å². The molecule has 0 N–H and O–H groups in total. The third-order valence-electron chi connectivity index (χ3n) is 7.39. The van der Waals surface area contributed by atoms with E-state index in [9.17, 15) is 13.2 Å². The Kier molecular flexibility index (Phi) is 15.3. The molecule has 0 saturated carbocycles. The van der Waals surface area contributed by atoms with Gasteiger partial charge in [-0.25, -0.2) is 13.4 Å². The molecule has 4 aromatic rings. The molecule has 5 rings (SSSR count). The van der Waals surface area contributed by atoms with E-state index in [1.165, 1.54) is 46.0 Å². The zero-order valence-electron chi connectivity index (χ0n) is 28.5. The van der Waals surface area contributed by atoms with Crippen LogP contribution in [0.15, 0.2) is 91.6 Å². The molecule has 1 heterocycles. The second-order valence-corrected chi connectivity index (χ2v) is 14.4. The van der Waals surface area contributed by atoms with Crippen molar-refractivity contribution >= 4 is 54.4 Å². The molecule has 1 unspecified atom stereocenters. The molecule has 0 aromatic heterocycles. The largest absolute Gasteiger partial charge is 0.495 e. The molecule has 1 aliphatic heterocycles. The van der Waals surface area contributed by atoms with Gasteiger partial charge in [0.05, 0.1) is 39.4 Å². The number of carbonyl (C=O) groups excluding carboxylic acids is 1. The Morgan fingerprint density at radius 1 is 0.800 bits per heavy atom. The van der Waals surface area contributed by atoms with Crippen LogP contribution in [0.3, 0.4) is 0 Å². The standard InChI is InChI=1S/C18H18BrNO5S.C10H11N.C9H9BrO3/c1-11-4-6-13(7-5-11)26(21,22)18-17(25-10-20-18)12-8-14(23-2)16(19)15(9-12)24-3;1-9-4-6-10(7-5-9)3-2-8-11;1-12-7-3-6(5-11)4-8(13-2)9(7)10/h4-10,17-18H,1-3H3;4-7H,2-3H2,1H3;3-5H,1-2H3/t17?,18-;;/m0../s1. The zero-order valence-corrected chi connectivity index (χ0v) is 32.5. The van der Waals surface area contributed by atoms with Gasteiger partial charge >= 0.3 is 0 Å². The van der Waals surface area contributed by atoms with Gasteiger partial charge in [0, 0.05) is 17.5 Å². The lowest BCUT2D eigenvalue weighted by Gasteiger charge is -2.20. The van der Waals surface area contributed by atoms with E-state index in [0.29, 0.717) is 49.5 Å². The Hall–Kier alpha value is -4.38. The van der Waals surface area contributed by atoms with E-state index in [4.69, 9.17) is 28.9 Å². The Morgan fingerprint density at radius 3 is 1.70 bits per heavy atom. The average molecular weight is 831 g/mol. The van der Waals surface area contributed by atoms with Crippen LogP contribution in [-0.2, 0) is 21.0 Å². The first-order valence-corrected chi connectivity index (χ1v) is 18.2. The van der Waals surface area contributed by atoms with E-state index in [1.807, 2.05) is 6.92 Å². The minimum absolute atomic E-state index is 0.205. The number of nitrogens with zero attached hydrogens (tertiary/aromatic N) is 2. The number of sulfone groups is 1. The molecular weight excluding hydrogens is 792 g/mol. The van der Waals surface area contributed by atoms with E-state index >= 15 is 0 Å². The van der Waals surface area contributed by atoms with Gasteiger partial charge in [0.2, 0.25) is 9.84 Å². The number of hydrogen-bond donors (Lipinski definition) is 0. The zero-order chi connectivity index (χ0) is 36.8. The third kappa shape index (κ3) is 10.3. The number of rotatable bonds is 10. The monoisotopic (exact) mass is 828 g/mol. The molecule has 10 nitrogen and oxygen atoms in total. The maximum atomic E-state index is 13.0. The predicted molar refractivity (Wildman–Crippen MR) is 199 cm³/mol. The molecule has 0 spiro atoms. The van der Waals surface area contributed by atoms with Gasteiger partial charge in [0.15, 0.2) is 17.9 Å². The summed E-state index contributed by atoms with van der Waals surface area (Å²) in [5.74, 6) is 2.20. The molecule has 0 aliphatic carbocycles. The van der Waals surface area contributed by atoms with Gasteiger partial charge in [0.25, 0.3) is 0 Å². The number of ether oxygens (including phenoxy) is 5. The number of benzene rings is 4. The summed E-state index contributed by atoms with van der Waals surface area (Å²) in [5, 5.41) is 7.25. The van der Waals surface area contributed by atoms with Crippen LogP contribution in [0, 0.1) is 25.2 Å². The lowest BCUT2D eigenvalue weighted by Crippen LogP contribution is -2.24. The fourth-order valence-electron chi connectivity index (χ4n) is 4.63. The highest BCUT2D eigenvalue weighted by molar-refractivity contribution is 9.11. The Bertz CT molecular complexity index is 1880. The number of nitriles is 1. The van der Waals surface area contributed by atoms with E-state index in [1.54, 1.807) is 48.5 Å². The number of methoxy groups -OCH3 is 4. The summed E-state index contributed by atoms with van der Waals surface area (Å²) >= 11 is 6.70. The van der Waals surface area contributed by atoms with Crippen molar-refractivity contribution in [1.82, 2.24) is 0 Å². The van der Waals surface area contributed by atoms with E-state index < -0.39 is 21.3 Å². The molecule has 0 fully saturated rings. The van der Waals surface area contributed by atoms with E-state index in [-0.39, 0.29) is 4.90 Å². The molecule has 0 saturated heterocycles. The number of aldehydes is 1. The smallest absolute Gasteiger partial charge is 0.205 e. The van der Waals surface area contributed by atoms with E-state index in [2.05, 4.69) is 74.1 Å². The van der Waals surface area contributed by atoms with Crippen molar-refractivity contribution in [2.75, 3.05) is 28.4 Å². The number of hydrogen-bond acceptors (Lipinski definition) is 10. The summed E-state index contributed by atoms with van der Waals surface area (Å²) < 4.78 is 53.7. The topological polar surface area (TPSA) is 134 Å². The lowest BCUT2D eigenvalue weighted by molar-refractivity contribution is 0.112. The minimum Gasteiger partial charge on any atom is -0.495 e. The fourth-order valence-corrected chi connectivity index (χ4v) is 7.28. The first kappa shape index (κ1) is 40.1. The van der Waals surface area contributed by atoms with Gasteiger partial charge < -0.3 is 23.7 Å². The average Bonchev–Trinajstić information content (AvgIpc) is 3.64. The fraction of sp³-hybridized carbons (Fsp3) is 0.270. The second-order valence-electron chi connectivity index (χ2n) is 10.8. The van der Waals surface area contributed by atoms with Crippen molar-refractivity contribution < 1.29 is 36.9 Å². The number of halogens is 2. The lowest BCUT2D eigenvalue weighted by atomic mass is 10.1. The Morgan fingerprint density at radius 2 is 1.26 bits per heavy atom. The van der Waals surface area contributed by atoms with Gasteiger partial charge in [-0.05, 0) is 94.1 Å². The number of carbonyl (C=O) groups is 1. The van der Waals surface area contributed by atoms with Crippen molar-refractivity contribution in [2.45, 2.75) is 43.1 Å². The third-order valence-corrected chi connectivity index (χ3v) is 10.9. The highest BCUT2D eigenvalue weighted by Gasteiger charge is 2.40. The van der Waals surface area contributed by atoms with Gasteiger partial charge in [-0.3, -0.25) is 4.79 Å². The van der Waals surface area contributed by atoms with Gasteiger partial charge in [-0.15, -0.1) is 0 Å². The molecule has 264 valence electrons. The first-order chi connectivity index (χ1) is 23.9. The summed E-state index contributed by atoms with van der Waals surface area (Å²) in [6.07, 6.45) is 2.62. The maximum absolute atomic E-state index is 13.0. The first-order valence-electron chi connectivity index (χ1n) is 15.1. The van der Waals surface area contributed by atoms with Crippen molar-refractivity contribution in [1.29, 1.82) is 5.26 Å². The second kappa shape index (κ2) is 19.1.